The summed E-state index contributed by atoms with van der Waals surface area (Å²) in [6.45, 7) is 13.5. The van der Waals surface area contributed by atoms with Crippen LogP contribution in [0.1, 0.15) is 80.1 Å². The maximum absolute atomic E-state index is 12.5. The molecule has 2 aliphatic rings. The molecular weight excluding hydrogens is 300 g/mol. The van der Waals surface area contributed by atoms with Crippen LogP contribution in [0.3, 0.4) is 0 Å². The largest absolute Gasteiger partial charge is 0.508 e. The van der Waals surface area contributed by atoms with Gasteiger partial charge in [0.15, 0.2) is 0 Å². The van der Waals surface area contributed by atoms with Gasteiger partial charge in [-0.2, -0.15) is 0 Å². The molecular formula is C21H38O3. The van der Waals surface area contributed by atoms with Crippen molar-refractivity contribution in [1.82, 2.24) is 0 Å². The van der Waals surface area contributed by atoms with Crippen molar-refractivity contribution in [3.05, 3.63) is 0 Å². The van der Waals surface area contributed by atoms with Gasteiger partial charge in [-0.05, 0) is 61.2 Å². The summed E-state index contributed by atoms with van der Waals surface area (Å²) in [5.41, 5.74) is 0. The van der Waals surface area contributed by atoms with Crippen LogP contribution in [0.5, 0.6) is 0 Å². The quantitative estimate of drug-likeness (QED) is 0.584. The average Bonchev–Trinajstić information content (AvgIpc) is 2.46. The van der Waals surface area contributed by atoms with Gasteiger partial charge >= 0.3 is 6.16 Å². The fraction of sp³-hybridized carbons (Fsp3) is 0.952. The number of hydrogen-bond acceptors (Lipinski definition) is 3. The molecule has 6 atom stereocenters. The highest BCUT2D eigenvalue weighted by molar-refractivity contribution is 5.60. The molecule has 3 heteroatoms. The summed E-state index contributed by atoms with van der Waals surface area (Å²) in [7, 11) is 0. The van der Waals surface area contributed by atoms with Crippen molar-refractivity contribution in [2.24, 2.45) is 35.5 Å². The van der Waals surface area contributed by atoms with Crippen LogP contribution in [-0.2, 0) is 9.47 Å². The zero-order chi connectivity index (χ0) is 17.9. The molecule has 4 unspecified atom stereocenters. The first-order chi connectivity index (χ1) is 11.3. The first kappa shape index (κ1) is 19.6. The Morgan fingerprint density at radius 3 is 1.46 bits per heavy atom. The molecule has 2 rings (SSSR count). The van der Waals surface area contributed by atoms with Crippen LogP contribution >= 0.6 is 0 Å². The Bertz CT molecular complexity index is 368. The van der Waals surface area contributed by atoms with Gasteiger partial charge in [-0.15, -0.1) is 0 Å². The predicted octanol–water partition coefficient (Wildman–Crippen LogP) is 6.06. The first-order valence-corrected chi connectivity index (χ1v) is 10.1. The van der Waals surface area contributed by atoms with Crippen molar-refractivity contribution in [2.45, 2.75) is 92.3 Å². The zero-order valence-corrected chi connectivity index (χ0v) is 16.6. The van der Waals surface area contributed by atoms with Gasteiger partial charge in [-0.3, -0.25) is 0 Å². The Balaban J connectivity index is 1.94. The van der Waals surface area contributed by atoms with E-state index >= 15 is 0 Å². The Hall–Kier alpha value is -0.730. The number of rotatable bonds is 4. The molecule has 24 heavy (non-hydrogen) atoms. The van der Waals surface area contributed by atoms with Gasteiger partial charge in [0.05, 0.1) is 0 Å². The third-order valence-electron chi connectivity index (χ3n) is 6.42. The molecule has 2 fully saturated rings. The lowest BCUT2D eigenvalue weighted by atomic mass is 9.75. The molecule has 0 saturated heterocycles. The lowest BCUT2D eigenvalue weighted by Crippen LogP contribution is -2.39. The first-order valence-electron chi connectivity index (χ1n) is 10.1. The van der Waals surface area contributed by atoms with E-state index in [1.54, 1.807) is 0 Å². The fourth-order valence-electron chi connectivity index (χ4n) is 4.78. The van der Waals surface area contributed by atoms with Crippen LogP contribution in [0, 0.1) is 35.5 Å². The molecule has 0 aromatic rings. The van der Waals surface area contributed by atoms with Crippen molar-refractivity contribution in [3.63, 3.8) is 0 Å². The standard InChI is InChI=1S/C21H38O3/c1-13(2)17-9-7-15(5)11-19(17)23-21(22)24-20-12-16(6)8-10-18(20)14(3)4/h13-20H,7-12H2,1-6H3/t15?,16?,17?,18?,19-,20-/m1/s1. The van der Waals surface area contributed by atoms with E-state index in [0.717, 1.165) is 25.7 Å². The average molecular weight is 339 g/mol. The second-order valence-electron chi connectivity index (χ2n) is 9.21. The number of ether oxygens (including phenoxy) is 2. The highest BCUT2D eigenvalue weighted by Gasteiger charge is 2.37. The van der Waals surface area contributed by atoms with Crippen molar-refractivity contribution >= 4 is 6.16 Å². The van der Waals surface area contributed by atoms with Crippen LogP contribution in [0.2, 0.25) is 0 Å². The summed E-state index contributed by atoms with van der Waals surface area (Å²) in [5, 5.41) is 0. The van der Waals surface area contributed by atoms with E-state index in [2.05, 4.69) is 41.5 Å². The number of carbonyl (C=O) groups excluding carboxylic acids is 1. The minimum absolute atomic E-state index is 0.0276. The second kappa shape index (κ2) is 8.58. The van der Waals surface area contributed by atoms with Gasteiger partial charge in [0, 0.05) is 0 Å². The van der Waals surface area contributed by atoms with Crippen molar-refractivity contribution in [3.8, 4) is 0 Å². The molecule has 0 bridgehead atoms. The van der Waals surface area contributed by atoms with Gasteiger partial charge in [-0.1, -0.05) is 54.4 Å². The molecule has 0 spiro atoms. The molecule has 3 nitrogen and oxygen atoms in total. The zero-order valence-electron chi connectivity index (χ0n) is 16.6. The van der Waals surface area contributed by atoms with Gasteiger partial charge in [-0.25, -0.2) is 4.79 Å². The van der Waals surface area contributed by atoms with Gasteiger partial charge in [0.1, 0.15) is 12.2 Å². The third kappa shape index (κ3) is 5.13. The highest BCUT2D eigenvalue weighted by atomic mass is 16.7. The molecule has 0 amide bonds. The topological polar surface area (TPSA) is 35.5 Å². The Labute approximate surface area is 148 Å². The van der Waals surface area contributed by atoms with Gasteiger partial charge < -0.3 is 9.47 Å². The van der Waals surface area contributed by atoms with E-state index in [0.29, 0.717) is 35.5 Å². The predicted molar refractivity (Wildman–Crippen MR) is 97.8 cm³/mol. The summed E-state index contributed by atoms with van der Waals surface area (Å²) in [6, 6.07) is 0. The van der Waals surface area contributed by atoms with Crippen LogP contribution in [0.15, 0.2) is 0 Å². The number of hydrogen-bond donors (Lipinski definition) is 0. The van der Waals surface area contributed by atoms with Crippen LogP contribution in [0.4, 0.5) is 4.79 Å². The van der Waals surface area contributed by atoms with Crippen molar-refractivity contribution in [1.29, 1.82) is 0 Å². The molecule has 2 saturated carbocycles. The third-order valence-corrected chi connectivity index (χ3v) is 6.42. The summed E-state index contributed by atoms with van der Waals surface area (Å²) >= 11 is 0. The molecule has 2 aliphatic carbocycles. The molecule has 0 aliphatic heterocycles. The molecule has 140 valence electrons. The SMILES string of the molecule is CC1CCC(C(C)C)[C@H](OC(=O)O[C@@H]2CC(C)CCC2C(C)C)C1. The normalized spacial score (nSPS) is 37.5. The highest BCUT2D eigenvalue weighted by Crippen LogP contribution is 2.37. The van der Waals surface area contributed by atoms with Crippen molar-refractivity contribution < 1.29 is 14.3 Å². The van der Waals surface area contributed by atoms with Gasteiger partial charge in [0.25, 0.3) is 0 Å². The van der Waals surface area contributed by atoms with Gasteiger partial charge in [0.2, 0.25) is 0 Å². The minimum atomic E-state index is -0.426. The Morgan fingerprint density at radius 1 is 0.750 bits per heavy atom. The molecule has 0 N–H and O–H groups in total. The second-order valence-corrected chi connectivity index (χ2v) is 9.21. The maximum Gasteiger partial charge on any atom is 0.508 e. The van der Waals surface area contributed by atoms with Crippen LogP contribution < -0.4 is 0 Å². The monoisotopic (exact) mass is 338 g/mol. The van der Waals surface area contributed by atoms with E-state index in [1.807, 2.05) is 0 Å². The molecule has 0 radical (unpaired) electrons. The van der Waals surface area contributed by atoms with E-state index in [-0.39, 0.29) is 12.2 Å². The maximum atomic E-state index is 12.5. The lowest BCUT2D eigenvalue weighted by molar-refractivity contribution is -0.0697. The molecule has 0 aromatic carbocycles. The Kier molecular flexibility index (Phi) is 7.00. The minimum Gasteiger partial charge on any atom is -0.431 e. The summed E-state index contributed by atoms with van der Waals surface area (Å²) < 4.78 is 11.7. The van der Waals surface area contributed by atoms with E-state index in [1.165, 1.54) is 12.8 Å². The lowest BCUT2D eigenvalue weighted by Gasteiger charge is -2.38. The fourth-order valence-corrected chi connectivity index (χ4v) is 4.78. The van der Waals surface area contributed by atoms with E-state index < -0.39 is 6.16 Å². The van der Waals surface area contributed by atoms with Crippen LogP contribution in [-0.4, -0.2) is 18.4 Å². The molecule has 0 heterocycles. The van der Waals surface area contributed by atoms with E-state index in [4.69, 9.17) is 9.47 Å². The smallest absolute Gasteiger partial charge is 0.431 e. The summed E-state index contributed by atoms with van der Waals surface area (Å²) in [5.74, 6) is 3.31. The van der Waals surface area contributed by atoms with Crippen molar-refractivity contribution in [2.75, 3.05) is 0 Å². The summed E-state index contributed by atoms with van der Waals surface area (Å²) in [6.07, 6.45) is 6.39. The van der Waals surface area contributed by atoms with Crippen LogP contribution in [0.25, 0.3) is 0 Å². The van der Waals surface area contributed by atoms with E-state index in [9.17, 15) is 4.79 Å². The number of carbonyl (C=O) groups is 1. The Morgan fingerprint density at radius 2 is 1.12 bits per heavy atom. The summed E-state index contributed by atoms with van der Waals surface area (Å²) in [4.78, 5) is 12.5. The molecule has 0 aromatic heterocycles.